The average molecular weight is 423 g/mol. The van der Waals surface area contributed by atoms with Crippen molar-refractivity contribution < 1.29 is 8.42 Å². The molecule has 0 radical (unpaired) electrons. The van der Waals surface area contributed by atoms with E-state index >= 15 is 0 Å². The molecule has 0 saturated heterocycles. The van der Waals surface area contributed by atoms with Gasteiger partial charge in [0.1, 0.15) is 5.82 Å². The Morgan fingerprint density at radius 3 is 2.66 bits per heavy atom. The molecule has 0 spiro atoms. The summed E-state index contributed by atoms with van der Waals surface area (Å²) in [4.78, 5) is 9.24. The number of benzene rings is 1. The third kappa shape index (κ3) is 7.01. The summed E-state index contributed by atoms with van der Waals surface area (Å²) < 4.78 is 27.0. The fraction of sp³-hybridized carbons (Fsp3) is 0.600. The van der Waals surface area contributed by atoms with Crippen molar-refractivity contribution in [2.45, 2.75) is 40.2 Å². The fourth-order valence-corrected chi connectivity index (χ4v) is 4.19. The lowest BCUT2D eigenvalue weighted by Gasteiger charge is -2.18. The summed E-state index contributed by atoms with van der Waals surface area (Å²) >= 11 is 0. The van der Waals surface area contributed by atoms with Gasteiger partial charge >= 0.3 is 0 Å². The highest BCUT2D eigenvalue weighted by atomic mass is 32.2. The topological polar surface area (TPSA) is 91.6 Å². The Bertz CT molecular complexity index is 907. The quantitative estimate of drug-likeness (QED) is 0.328. The van der Waals surface area contributed by atoms with Crippen LogP contribution in [0.15, 0.2) is 29.3 Å². The molecule has 0 unspecified atom stereocenters. The zero-order valence-electron chi connectivity index (χ0n) is 18.0. The number of nitrogens with one attached hydrogen (secondary N) is 2. The first-order valence-corrected chi connectivity index (χ1v) is 12.1. The van der Waals surface area contributed by atoms with Gasteiger partial charge in [0.15, 0.2) is 5.96 Å². The van der Waals surface area contributed by atoms with Gasteiger partial charge in [-0.15, -0.1) is 0 Å². The maximum Gasteiger partial charge on any atom is 0.211 e. The standard InChI is InChI=1S/C20H34N6O2S/c1-5-21-20(22-13-9-15-25(6-2)29(4,27)28)23-14-10-16-26-17(3)24-18-11-7-8-12-19(18)26/h7-8,11-12H,5-6,9-10,13-16H2,1-4H3,(H2,21,22,23). The minimum absolute atomic E-state index is 0.495. The number of aliphatic imine (C=N–C) groups is 1. The first kappa shape index (κ1) is 23.2. The van der Waals surface area contributed by atoms with Gasteiger partial charge in [-0.3, -0.25) is 4.99 Å². The number of para-hydroxylation sites is 2. The van der Waals surface area contributed by atoms with Crippen molar-refractivity contribution >= 4 is 27.0 Å². The van der Waals surface area contributed by atoms with Crippen molar-refractivity contribution in [1.82, 2.24) is 24.5 Å². The number of rotatable bonds is 11. The smallest absolute Gasteiger partial charge is 0.211 e. The molecule has 9 heteroatoms. The van der Waals surface area contributed by atoms with Gasteiger partial charge in [0, 0.05) is 39.3 Å². The van der Waals surface area contributed by atoms with Gasteiger partial charge in [0.2, 0.25) is 10.0 Å². The summed E-state index contributed by atoms with van der Waals surface area (Å²) in [6.07, 6.45) is 2.89. The molecule has 1 aromatic carbocycles. The number of guanidine groups is 1. The van der Waals surface area contributed by atoms with E-state index in [1.165, 1.54) is 10.6 Å². The maximum atomic E-state index is 11.6. The molecule has 8 nitrogen and oxygen atoms in total. The molecule has 2 N–H and O–H groups in total. The largest absolute Gasteiger partial charge is 0.357 e. The molecule has 29 heavy (non-hydrogen) atoms. The van der Waals surface area contributed by atoms with Crippen LogP contribution in [0.2, 0.25) is 0 Å². The molecule has 0 aliphatic heterocycles. The normalized spacial score (nSPS) is 12.7. The summed E-state index contributed by atoms with van der Waals surface area (Å²) in [6.45, 7) is 9.94. The number of fused-ring (bicyclic) bond motifs is 1. The number of imidazole rings is 1. The molecular weight excluding hydrogens is 388 g/mol. The van der Waals surface area contributed by atoms with Crippen LogP contribution in [-0.4, -0.2) is 67.2 Å². The first-order valence-electron chi connectivity index (χ1n) is 10.3. The molecule has 1 aromatic heterocycles. The summed E-state index contributed by atoms with van der Waals surface area (Å²) in [5, 5.41) is 6.52. The molecule has 2 rings (SSSR count). The summed E-state index contributed by atoms with van der Waals surface area (Å²) in [5.74, 6) is 1.79. The van der Waals surface area contributed by atoms with Crippen LogP contribution in [0.4, 0.5) is 0 Å². The second-order valence-electron chi connectivity index (χ2n) is 6.95. The molecule has 0 aliphatic carbocycles. The van der Waals surface area contributed by atoms with Crippen molar-refractivity contribution in [3.63, 3.8) is 0 Å². The molecular formula is C20H34N6O2S. The fourth-order valence-electron chi connectivity index (χ4n) is 3.26. The van der Waals surface area contributed by atoms with E-state index in [1.54, 1.807) is 0 Å². The van der Waals surface area contributed by atoms with Gasteiger partial charge < -0.3 is 15.2 Å². The highest BCUT2D eigenvalue weighted by molar-refractivity contribution is 7.88. The maximum absolute atomic E-state index is 11.6. The summed E-state index contributed by atoms with van der Waals surface area (Å²) in [5.41, 5.74) is 2.18. The highest BCUT2D eigenvalue weighted by Crippen LogP contribution is 2.15. The molecule has 162 valence electrons. The van der Waals surface area contributed by atoms with Crippen LogP contribution in [0.5, 0.6) is 0 Å². The van der Waals surface area contributed by atoms with E-state index in [9.17, 15) is 8.42 Å². The van der Waals surface area contributed by atoms with E-state index < -0.39 is 10.0 Å². The van der Waals surface area contributed by atoms with Gasteiger partial charge in [-0.1, -0.05) is 19.1 Å². The summed E-state index contributed by atoms with van der Waals surface area (Å²) in [7, 11) is -3.13. The molecule has 0 amide bonds. The predicted molar refractivity (Wildman–Crippen MR) is 120 cm³/mol. The predicted octanol–water partition coefficient (Wildman–Crippen LogP) is 1.96. The van der Waals surface area contributed by atoms with Crippen molar-refractivity contribution in [3.05, 3.63) is 30.1 Å². The molecule has 1 heterocycles. The highest BCUT2D eigenvalue weighted by Gasteiger charge is 2.13. The summed E-state index contributed by atoms with van der Waals surface area (Å²) in [6, 6.07) is 8.18. The molecule has 0 atom stereocenters. The lowest BCUT2D eigenvalue weighted by molar-refractivity contribution is 0.424. The van der Waals surface area contributed by atoms with Gasteiger partial charge in [-0.05, 0) is 38.8 Å². The Morgan fingerprint density at radius 2 is 1.97 bits per heavy atom. The van der Waals surface area contributed by atoms with Crippen molar-refractivity contribution in [1.29, 1.82) is 0 Å². The van der Waals surface area contributed by atoms with Crippen LogP contribution < -0.4 is 10.6 Å². The Balaban J connectivity index is 1.82. The number of hydrogen-bond acceptors (Lipinski definition) is 4. The third-order valence-corrected chi connectivity index (χ3v) is 6.08. The lowest BCUT2D eigenvalue weighted by Crippen LogP contribution is -2.39. The van der Waals surface area contributed by atoms with Crippen molar-refractivity contribution in [3.8, 4) is 0 Å². The van der Waals surface area contributed by atoms with Crippen LogP contribution in [-0.2, 0) is 16.6 Å². The molecule has 0 bridgehead atoms. The monoisotopic (exact) mass is 422 g/mol. The molecule has 0 saturated carbocycles. The zero-order chi connectivity index (χ0) is 21.3. The van der Waals surface area contributed by atoms with Crippen LogP contribution in [0.3, 0.4) is 0 Å². The van der Waals surface area contributed by atoms with Crippen LogP contribution in [0.1, 0.15) is 32.5 Å². The minimum atomic E-state index is -3.13. The Labute approximate surface area is 174 Å². The van der Waals surface area contributed by atoms with Gasteiger partial charge in [0.05, 0.1) is 17.3 Å². The van der Waals surface area contributed by atoms with Gasteiger partial charge in [-0.25, -0.2) is 17.7 Å². The van der Waals surface area contributed by atoms with E-state index in [-0.39, 0.29) is 0 Å². The van der Waals surface area contributed by atoms with Crippen molar-refractivity contribution in [2.24, 2.45) is 4.99 Å². The Kier molecular flexibility index (Phi) is 8.91. The average Bonchev–Trinajstić information content (AvgIpc) is 2.99. The SMILES string of the molecule is CCNC(=NCCCn1c(C)nc2ccccc21)NCCCN(CC)S(C)(=O)=O. The molecule has 2 aromatic rings. The van der Waals surface area contributed by atoms with Gasteiger partial charge in [-0.2, -0.15) is 0 Å². The van der Waals surface area contributed by atoms with Crippen molar-refractivity contribution in [2.75, 3.05) is 39.0 Å². The van der Waals surface area contributed by atoms with Crippen LogP contribution in [0, 0.1) is 6.92 Å². The van der Waals surface area contributed by atoms with E-state index in [1.807, 2.05) is 39.0 Å². The van der Waals surface area contributed by atoms with E-state index in [2.05, 4.69) is 31.2 Å². The van der Waals surface area contributed by atoms with Crippen LogP contribution >= 0.6 is 0 Å². The number of nitrogens with zero attached hydrogens (tertiary/aromatic N) is 4. The van der Waals surface area contributed by atoms with E-state index in [0.29, 0.717) is 26.2 Å². The van der Waals surface area contributed by atoms with E-state index in [0.717, 1.165) is 48.7 Å². The third-order valence-electron chi connectivity index (χ3n) is 4.70. The number of sulfonamides is 1. The number of hydrogen-bond donors (Lipinski definition) is 2. The van der Waals surface area contributed by atoms with E-state index in [4.69, 9.17) is 0 Å². The Morgan fingerprint density at radius 1 is 1.21 bits per heavy atom. The Hall–Kier alpha value is -2.13. The lowest BCUT2D eigenvalue weighted by atomic mass is 10.3. The molecule has 0 aliphatic rings. The second-order valence-corrected chi connectivity index (χ2v) is 8.93. The molecule has 0 fully saturated rings. The van der Waals surface area contributed by atoms with Crippen LogP contribution in [0.25, 0.3) is 11.0 Å². The first-order chi connectivity index (χ1) is 13.9. The number of aryl methyl sites for hydroxylation is 2. The number of aromatic nitrogens is 2. The minimum Gasteiger partial charge on any atom is -0.357 e. The van der Waals surface area contributed by atoms with Gasteiger partial charge in [0.25, 0.3) is 0 Å². The second kappa shape index (κ2) is 11.2. The zero-order valence-corrected chi connectivity index (χ0v) is 18.8.